The SMILES string of the molecule is CCOc1cc(OCc2ccc(OC)cc2)c2c3cn[nH]c3nn2c1. The summed E-state index contributed by atoms with van der Waals surface area (Å²) in [5.74, 6) is 2.23. The fourth-order valence-electron chi connectivity index (χ4n) is 2.74. The summed E-state index contributed by atoms with van der Waals surface area (Å²) in [4.78, 5) is 0. The molecule has 0 aliphatic rings. The second kappa shape index (κ2) is 6.35. The van der Waals surface area contributed by atoms with Crippen molar-refractivity contribution >= 4 is 16.6 Å². The van der Waals surface area contributed by atoms with Gasteiger partial charge in [0.25, 0.3) is 0 Å². The molecule has 4 aromatic rings. The number of hydrogen-bond acceptors (Lipinski definition) is 5. The van der Waals surface area contributed by atoms with Crippen LogP contribution in [-0.2, 0) is 6.61 Å². The highest BCUT2D eigenvalue weighted by molar-refractivity contribution is 5.95. The number of hydrogen-bond donors (Lipinski definition) is 1. The zero-order chi connectivity index (χ0) is 17.2. The number of H-pyrrole nitrogens is 1. The quantitative estimate of drug-likeness (QED) is 0.584. The highest BCUT2D eigenvalue weighted by Gasteiger charge is 2.14. The molecular weight excluding hydrogens is 320 g/mol. The Balaban J connectivity index is 1.70. The predicted molar refractivity (Wildman–Crippen MR) is 93.3 cm³/mol. The molecule has 0 saturated carbocycles. The number of methoxy groups -OCH3 is 1. The van der Waals surface area contributed by atoms with Gasteiger partial charge < -0.3 is 14.2 Å². The maximum absolute atomic E-state index is 6.08. The van der Waals surface area contributed by atoms with Crippen LogP contribution < -0.4 is 14.2 Å². The van der Waals surface area contributed by atoms with Crippen LogP contribution in [0.1, 0.15) is 12.5 Å². The van der Waals surface area contributed by atoms with Crippen molar-refractivity contribution in [3.05, 3.63) is 48.3 Å². The lowest BCUT2D eigenvalue weighted by atomic mass is 10.2. The van der Waals surface area contributed by atoms with Crippen LogP contribution in [0.2, 0.25) is 0 Å². The van der Waals surface area contributed by atoms with Crippen molar-refractivity contribution in [2.24, 2.45) is 0 Å². The minimum atomic E-state index is 0.430. The van der Waals surface area contributed by atoms with Crippen LogP contribution in [-0.4, -0.2) is 33.5 Å². The van der Waals surface area contributed by atoms with Crippen molar-refractivity contribution in [2.75, 3.05) is 13.7 Å². The van der Waals surface area contributed by atoms with E-state index in [2.05, 4.69) is 15.3 Å². The highest BCUT2D eigenvalue weighted by Crippen LogP contribution is 2.31. The minimum absolute atomic E-state index is 0.430. The molecule has 0 saturated heterocycles. The van der Waals surface area contributed by atoms with E-state index in [4.69, 9.17) is 14.2 Å². The van der Waals surface area contributed by atoms with Crippen molar-refractivity contribution in [1.82, 2.24) is 19.8 Å². The van der Waals surface area contributed by atoms with Gasteiger partial charge in [0.2, 0.25) is 0 Å². The zero-order valence-electron chi connectivity index (χ0n) is 14.0. The monoisotopic (exact) mass is 338 g/mol. The number of aromatic nitrogens is 4. The van der Waals surface area contributed by atoms with Crippen molar-refractivity contribution < 1.29 is 14.2 Å². The number of fused-ring (bicyclic) bond motifs is 3. The van der Waals surface area contributed by atoms with E-state index >= 15 is 0 Å². The lowest BCUT2D eigenvalue weighted by Crippen LogP contribution is -2.00. The molecule has 0 radical (unpaired) electrons. The number of benzene rings is 1. The molecule has 4 rings (SSSR count). The number of pyridine rings is 1. The summed E-state index contributed by atoms with van der Waals surface area (Å²) in [6, 6.07) is 9.67. The fraction of sp³-hybridized carbons (Fsp3) is 0.222. The van der Waals surface area contributed by atoms with Gasteiger partial charge >= 0.3 is 0 Å². The van der Waals surface area contributed by atoms with Crippen LogP contribution in [0, 0.1) is 0 Å². The van der Waals surface area contributed by atoms with Gasteiger partial charge in [-0.15, -0.1) is 5.10 Å². The summed E-state index contributed by atoms with van der Waals surface area (Å²) >= 11 is 0. The Hall–Kier alpha value is -3.22. The number of rotatable bonds is 6. The number of aromatic amines is 1. The molecule has 128 valence electrons. The largest absolute Gasteiger partial charge is 0.497 e. The van der Waals surface area contributed by atoms with E-state index in [9.17, 15) is 0 Å². The van der Waals surface area contributed by atoms with E-state index in [-0.39, 0.29) is 0 Å². The molecule has 0 aliphatic carbocycles. The first-order chi connectivity index (χ1) is 12.3. The van der Waals surface area contributed by atoms with Crippen LogP contribution in [0.5, 0.6) is 17.2 Å². The molecular formula is C18H18N4O3. The van der Waals surface area contributed by atoms with E-state index in [1.807, 2.05) is 43.5 Å². The summed E-state index contributed by atoms with van der Waals surface area (Å²) in [7, 11) is 1.65. The molecule has 3 heterocycles. The molecule has 0 unspecified atom stereocenters. The Bertz CT molecular complexity index is 1000. The molecule has 0 spiro atoms. The first-order valence-electron chi connectivity index (χ1n) is 8.02. The number of ether oxygens (including phenoxy) is 3. The lowest BCUT2D eigenvalue weighted by molar-refractivity contribution is 0.300. The standard InChI is InChI=1S/C18H18N4O3/c1-3-24-14-8-16(25-11-12-4-6-13(23-2)7-5-12)17-15-9-19-20-18(15)21-22(17)10-14/h4-10H,3,11H2,1-2H3,(H,20,21). The number of nitrogens with zero attached hydrogens (tertiary/aromatic N) is 3. The Labute approximate surface area is 144 Å². The molecule has 7 nitrogen and oxygen atoms in total. The second-order valence-corrected chi connectivity index (χ2v) is 5.54. The molecule has 25 heavy (non-hydrogen) atoms. The van der Waals surface area contributed by atoms with Crippen molar-refractivity contribution in [1.29, 1.82) is 0 Å². The van der Waals surface area contributed by atoms with Crippen molar-refractivity contribution in [3.8, 4) is 17.2 Å². The second-order valence-electron chi connectivity index (χ2n) is 5.54. The normalized spacial score (nSPS) is 11.1. The van der Waals surface area contributed by atoms with Gasteiger partial charge in [-0.2, -0.15) is 5.10 Å². The Morgan fingerprint density at radius 3 is 2.72 bits per heavy atom. The minimum Gasteiger partial charge on any atom is -0.497 e. The third kappa shape index (κ3) is 2.84. The molecule has 0 amide bonds. The lowest BCUT2D eigenvalue weighted by Gasteiger charge is -2.11. The number of nitrogens with one attached hydrogen (secondary N) is 1. The van der Waals surface area contributed by atoms with E-state index < -0.39 is 0 Å². The zero-order valence-corrected chi connectivity index (χ0v) is 14.0. The van der Waals surface area contributed by atoms with Gasteiger partial charge in [-0.3, -0.25) is 5.10 Å². The van der Waals surface area contributed by atoms with Crippen molar-refractivity contribution in [2.45, 2.75) is 13.5 Å². The summed E-state index contributed by atoms with van der Waals surface area (Å²) in [6.45, 7) is 2.95. The molecule has 0 atom stereocenters. The maximum atomic E-state index is 6.08. The van der Waals surface area contributed by atoms with Gasteiger partial charge in [0.05, 0.1) is 31.5 Å². The van der Waals surface area contributed by atoms with Gasteiger partial charge in [0.15, 0.2) is 5.65 Å². The Kier molecular flexibility index (Phi) is 3.89. The van der Waals surface area contributed by atoms with Crippen LogP contribution >= 0.6 is 0 Å². The first kappa shape index (κ1) is 15.3. The van der Waals surface area contributed by atoms with Gasteiger partial charge in [0, 0.05) is 6.07 Å². The van der Waals surface area contributed by atoms with Gasteiger partial charge in [-0.25, -0.2) is 4.52 Å². The van der Waals surface area contributed by atoms with E-state index in [1.165, 1.54) is 0 Å². The average Bonchev–Trinajstić information content (AvgIpc) is 3.21. The molecule has 0 aliphatic heterocycles. The van der Waals surface area contributed by atoms with Gasteiger partial charge in [-0.05, 0) is 24.6 Å². The van der Waals surface area contributed by atoms with Crippen molar-refractivity contribution in [3.63, 3.8) is 0 Å². The Morgan fingerprint density at radius 2 is 1.96 bits per heavy atom. The van der Waals surface area contributed by atoms with Gasteiger partial charge in [0.1, 0.15) is 29.4 Å². The molecule has 7 heteroatoms. The van der Waals surface area contributed by atoms with Crippen LogP contribution in [0.3, 0.4) is 0 Å². The molecule has 0 bridgehead atoms. The third-order valence-corrected chi connectivity index (χ3v) is 3.93. The molecule has 1 N–H and O–H groups in total. The summed E-state index contributed by atoms with van der Waals surface area (Å²) < 4.78 is 18.6. The van der Waals surface area contributed by atoms with Crippen LogP contribution in [0.4, 0.5) is 0 Å². The molecule has 0 fully saturated rings. The van der Waals surface area contributed by atoms with Gasteiger partial charge in [-0.1, -0.05) is 12.1 Å². The average molecular weight is 338 g/mol. The summed E-state index contributed by atoms with van der Waals surface area (Å²) in [6.07, 6.45) is 3.59. The highest BCUT2D eigenvalue weighted by atomic mass is 16.5. The Morgan fingerprint density at radius 1 is 1.12 bits per heavy atom. The molecule has 3 aromatic heterocycles. The topological polar surface area (TPSA) is 73.7 Å². The van der Waals surface area contributed by atoms with Crippen LogP contribution in [0.15, 0.2) is 42.7 Å². The van der Waals surface area contributed by atoms with Crippen LogP contribution in [0.25, 0.3) is 16.6 Å². The predicted octanol–water partition coefficient (Wildman–Crippen LogP) is 3.20. The maximum Gasteiger partial charge on any atom is 0.178 e. The third-order valence-electron chi connectivity index (χ3n) is 3.93. The smallest absolute Gasteiger partial charge is 0.178 e. The molecule has 1 aromatic carbocycles. The van der Waals surface area contributed by atoms with E-state index in [1.54, 1.807) is 17.8 Å². The van der Waals surface area contributed by atoms with E-state index in [0.29, 0.717) is 30.4 Å². The summed E-state index contributed by atoms with van der Waals surface area (Å²) in [5.41, 5.74) is 2.62. The van der Waals surface area contributed by atoms with E-state index in [0.717, 1.165) is 22.2 Å². The fourth-order valence-corrected chi connectivity index (χ4v) is 2.74. The summed E-state index contributed by atoms with van der Waals surface area (Å²) in [5, 5.41) is 12.3. The first-order valence-corrected chi connectivity index (χ1v) is 8.02.